The largest absolute Gasteiger partial charge is 0.383 e. The van der Waals surface area contributed by atoms with Crippen molar-refractivity contribution in [3.63, 3.8) is 0 Å². The maximum absolute atomic E-state index is 6.21. The molecule has 0 aromatic carbocycles. The van der Waals surface area contributed by atoms with Gasteiger partial charge in [0.1, 0.15) is 5.82 Å². The van der Waals surface area contributed by atoms with Crippen LogP contribution in [0.1, 0.15) is 56.7 Å². The molecule has 5 nitrogen and oxygen atoms in total. The molecular formula is C16H28N4O. The van der Waals surface area contributed by atoms with Gasteiger partial charge < -0.3 is 10.5 Å². The highest BCUT2D eigenvalue weighted by Crippen LogP contribution is 2.44. The molecule has 0 amide bonds. The fourth-order valence-corrected chi connectivity index (χ4v) is 3.52. The Hall–Kier alpha value is -1.17. The number of anilines is 1. The summed E-state index contributed by atoms with van der Waals surface area (Å²) in [4.78, 5) is 4.24. The highest BCUT2D eigenvalue weighted by molar-refractivity contribution is 5.47. The summed E-state index contributed by atoms with van der Waals surface area (Å²) in [6, 6.07) is 1.85. The standard InChI is InChI=1S/C16H28N4O/c1-4-21-16(8-5-11(2)6-9-16)14(20-18)13-12(3)7-10-19-15(13)17/h7,10-11,14,20H,4-6,8-9,18H2,1-3H3,(H2,17,19). The van der Waals surface area contributed by atoms with Crippen LogP contribution < -0.4 is 17.0 Å². The van der Waals surface area contributed by atoms with Crippen LogP contribution in [0.15, 0.2) is 12.3 Å². The van der Waals surface area contributed by atoms with Crippen molar-refractivity contribution in [1.29, 1.82) is 0 Å². The number of aromatic nitrogens is 1. The predicted octanol–water partition coefficient (Wildman–Crippen LogP) is 2.46. The van der Waals surface area contributed by atoms with Crippen LogP contribution in [-0.4, -0.2) is 17.2 Å². The molecule has 1 unspecified atom stereocenters. The summed E-state index contributed by atoms with van der Waals surface area (Å²) in [5.41, 5.74) is 10.9. The lowest BCUT2D eigenvalue weighted by atomic mass is 9.73. The first kappa shape index (κ1) is 16.2. The zero-order valence-electron chi connectivity index (χ0n) is 13.4. The summed E-state index contributed by atoms with van der Waals surface area (Å²) in [5, 5.41) is 0. The lowest BCUT2D eigenvalue weighted by Gasteiger charge is -2.45. The van der Waals surface area contributed by atoms with Crippen LogP contribution in [0.25, 0.3) is 0 Å². The molecule has 118 valence electrons. The van der Waals surface area contributed by atoms with E-state index >= 15 is 0 Å². The fraction of sp³-hybridized carbons (Fsp3) is 0.688. The second kappa shape index (κ2) is 6.73. The first-order chi connectivity index (χ1) is 10.0. The maximum Gasteiger partial charge on any atom is 0.128 e. The molecule has 0 saturated heterocycles. The molecule has 1 atom stereocenters. The summed E-state index contributed by atoms with van der Waals surface area (Å²) in [6.45, 7) is 7.05. The third-order valence-corrected chi connectivity index (χ3v) is 4.77. The number of hydrogen-bond acceptors (Lipinski definition) is 5. The molecule has 0 radical (unpaired) electrons. The molecule has 5 N–H and O–H groups in total. The van der Waals surface area contributed by atoms with Gasteiger partial charge >= 0.3 is 0 Å². The van der Waals surface area contributed by atoms with Crippen molar-refractivity contribution in [3.8, 4) is 0 Å². The number of pyridine rings is 1. The zero-order valence-corrected chi connectivity index (χ0v) is 13.4. The minimum Gasteiger partial charge on any atom is -0.383 e. The van der Waals surface area contributed by atoms with Crippen molar-refractivity contribution in [1.82, 2.24) is 10.4 Å². The Morgan fingerprint density at radius 1 is 1.48 bits per heavy atom. The van der Waals surface area contributed by atoms with Gasteiger partial charge in [0.15, 0.2) is 0 Å². The Morgan fingerprint density at radius 3 is 2.67 bits per heavy atom. The van der Waals surface area contributed by atoms with E-state index in [9.17, 15) is 0 Å². The van der Waals surface area contributed by atoms with Gasteiger partial charge in [0.05, 0.1) is 11.6 Å². The Morgan fingerprint density at radius 2 is 2.14 bits per heavy atom. The minimum absolute atomic E-state index is 0.126. The van der Waals surface area contributed by atoms with Crippen LogP contribution in [0.4, 0.5) is 5.82 Å². The molecule has 1 saturated carbocycles. The molecule has 0 aliphatic heterocycles. The minimum atomic E-state index is -0.294. The van der Waals surface area contributed by atoms with Crippen molar-refractivity contribution in [3.05, 3.63) is 23.4 Å². The van der Waals surface area contributed by atoms with Crippen LogP contribution in [0.2, 0.25) is 0 Å². The molecule has 2 rings (SSSR count). The number of nitrogens with zero attached hydrogens (tertiary/aromatic N) is 1. The Labute approximate surface area is 127 Å². The average Bonchev–Trinajstić information content (AvgIpc) is 2.46. The van der Waals surface area contributed by atoms with Crippen LogP contribution in [0, 0.1) is 12.8 Å². The van der Waals surface area contributed by atoms with E-state index in [1.165, 1.54) is 0 Å². The van der Waals surface area contributed by atoms with E-state index in [4.69, 9.17) is 16.3 Å². The average molecular weight is 292 g/mol. The SMILES string of the molecule is CCOC1(C(NN)c2c(C)ccnc2N)CCC(C)CC1. The smallest absolute Gasteiger partial charge is 0.128 e. The summed E-state index contributed by atoms with van der Waals surface area (Å²) in [6.07, 6.45) is 6.02. The highest BCUT2D eigenvalue weighted by Gasteiger charge is 2.43. The molecule has 0 bridgehead atoms. The number of hydrazine groups is 1. The van der Waals surface area contributed by atoms with Gasteiger partial charge in [-0.2, -0.15) is 0 Å². The molecule has 1 fully saturated rings. The summed E-state index contributed by atoms with van der Waals surface area (Å²) in [5.74, 6) is 7.19. The van der Waals surface area contributed by atoms with Crippen LogP contribution in [0.5, 0.6) is 0 Å². The summed E-state index contributed by atoms with van der Waals surface area (Å²) >= 11 is 0. The van der Waals surface area contributed by atoms with Crippen molar-refractivity contribution in [2.45, 2.75) is 58.1 Å². The Balaban J connectivity index is 2.41. The molecule has 1 aliphatic rings. The molecule has 1 aromatic heterocycles. The molecular weight excluding hydrogens is 264 g/mol. The van der Waals surface area contributed by atoms with E-state index in [2.05, 4.69) is 17.3 Å². The topological polar surface area (TPSA) is 86.2 Å². The lowest BCUT2D eigenvalue weighted by Crippen LogP contribution is -2.51. The van der Waals surface area contributed by atoms with Crippen molar-refractivity contribution in [2.24, 2.45) is 11.8 Å². The second-order valence-corrected chi connectivity index (χ2v) is 6.21. The van der Waals surface area contributed by atoms with Crippen LogP contribution in [-0.2, 0) is 4.74 Å². The van der Waals surface area contributed by atoms with Gasteiger partial charge in [-0.3, -0.25) is 5.84 Å². The van der Waals surface area contributed by atoms with Crippen molar-refractivity contribution in [2.75, 3.05) is 12.3 Å². The van der Waals surface area contributed by atoms with E-state index in [0.717, 1.165) is 42.7 Å². The Kier molecular flexibility index (Phi) is 5.19. The van der Waals surface area contributed by atoms with Gasteiger partial charge in [-0.05, 0) is 57.1 Å². The van der Waals surface area contributed by atoms with Crippen LogP contribution >= 0.6 is 0 Å². The lowest BCUT2D eigenvalue weighted by molar-refractivity contribution is -0.0977. The van der Waals surface area contributed by atoms with Crippen molar-refractivity contribution >= 4 is 5.82 Å². The van der Waals surface area contributed by atoms with E-state index in [-0.39, 0.29) is 11.6 Å². The predicted molar refractivity (Wildman–Crippen MR) is 85.4 cm³/mol. The molecule has 5 heteroatoms. The molecule has 1 aliphatic carbocycles. The molecule has 1 heterocycles. The number of ether oxygens (including phenoxy) is 1. The third-order valence-electron chi connectivity index (χ3n) is 4.77. The number of aryl methyl sites for hydroxylation is 1. The van der Waals surface area contributed by atoms with Gasteiger partial charge in [-0.1, -0.05) is 6.92 Å². The maximum atomic E-state index is 6.21. The second-order valence-electron chi connectivity index (χ2n) is 6.21. The van der Waals surface area contributed by atoms with Gasteiger partial charge in [-0.25, -0.2) is 10.4 Å². The fourth-order valence-electron chi connectivity index (χ4n) is 3.52. The van der Waals surface area contributed by atoms with Crippen molar-refractivity contribution < 1.29 is 4.74 Å². The number of rotatable bonds is 5. The number of hydrogen-bond donors (Lipinski definition) is 3. The van der Waals surface area contributed by atoms with Gasteiger partial charge in [0.2, 0.25) is 0 Å². The first-order valence-electron chi connectivity index (χ1n) is 7.85. The van der Waals surface area contributed by atoms with E-state index in [0.29, 0.717) is 12.4 Å². The Bertz CT molecular complexity index is 449. The summed E-state index contributed by atoms with van der Waals surface area (Å²) < 4.78 is 6.21. The third kappa shape index (κ3) is 3.20. The van der Waals surface area contributed by atoms with Gasteiger partial charge in [-0.15, -0.1) is 0 Å². The zero-order chi connectivity index (χ0) is 15.5. The quantitative estimate of drug-likeness (QED) is 0.573. The van der Waals surface area contributed by atoms with Crippen LogP contribution in [0.3, 0.4) is 0 Å². The first-order valence-corrected chi connectivity index (χ1v) is 7.85. The highest BCUT2D eigenvalue weighted by atomic mass is 16.5. The van der Waals surface area contributed by atoms with Gasteiger partial charge in [0.25, 0.3) is 0 Å². The normalized spacial score (nSPS) is 27.5. The van der Waals surface area contributed by atoms with E-state index in [1.807, 2.05) is 19.9 Å². The van der Waals surface area contributed by atoms with E-state index < -0.39 is 0 Å². The monoisotopic (exact) mass is 292 g/mol. The number of nitrogens with two attached hydrogens (primary N) is 2. The molecule has 0 spiro atoms. The molecule has 21 heavy (non-hydrogen) atoms. The number of nitrogen functional groups attached to an aromatic ring is 1. The van der Waals surface area contributed by atoms with E-state index in [1.54, 1.807) is 6.20 Å². The number of nitrogens with one attached hydrogen (secondary N) is 1. The summed E-state index contributed by atoms with van der Waals surface area (Å²) in [7, 11) is 0. The van der Waals surface area contributed by atoms with Gasteiger partial charge in [0, 0.05) is 18.4 Å². The molecule has 1 aromatic rings.